The van der Waals surface area contributed by atoms with E-state index >= 15 is 0 Å². The summed E-state index contributed by atoms with van der Waals surface area (Å²) in [6.07, 6.45) is 5.22. The molecule has 104 valence electrons. The van der Waals surface area contributed by atoms with Crippen molar-refractivity contribution in [2.75, 3.05) is 0 Å². The van der Waals surface area contributed by atoms with E-state index in [9.17, 15) is 9.90 Å². The summed E-state index contributed by atoms with van der Waals surface area (Å²) in [5.41, 5.74) is 2.76. The average molecular weight is 279 g/mol. The first kappa shape index (κ1) is 12.1. The third kappa shape index (κ3) is 1.89. The number of hydrogen-bond donors (Lipinski definition) is 1. The van der Waals surface area contributed by atoms with Gasteiger partial charge in [-0.1, -0.05) is 18.2 Å². The standard InChI is InChI=1S/C16H13N3O2/c20-16(21)12-9-18-19(15(12)11-6-7-11)13-5-1-3-10-4-2-8-17-14(10)13/h1-5,8-9,11H,6-7H2,(H,20,21). The van der Waals surface area contributed by atoms with Gasteiger partial charge in [0.25, 0.3) is 0 Å². The molecule has 21 heavy (non-hydrogen) atoms. The molecule has 4 rings (SSSR count). The van der Waals surface area contributed by atoms with Gasteiger partial charge < -0.3 is 5.11 Å². The SMILES string of the molecule is O=C(O)c1cnn(-c2cccc3cccnc23)c1C1CC1. The minimum Gasteiger partial charge on any atom is -0.478 e. The third-order valence-corrected chi connectivity index (χ3v) is 3.84. The minimum atomic E-state index is -0.920. The molecule has 3 aromatic rings. The molecule has 0 spiro atoms. The molecule has 1 aliphatic carbocycles. The van der Waals surface area contributed by atoms with Crippen LogP contribution >= 0.6 is 0 Å². The van der Waals surface area contributed by atoms with Crippen LogP contribution in [0.1, 0.15) is 34.8 Å². The highest BCUT2D eigenvalue weighted by molar-refractivity contribution is 5.90. The van der Waals surface area contributed by atoms with Crippen LogP contribution in [0.3, 0.4) is 0 Å². The van der Waals surface area contributed by atoms with Crippen molar-refractivity contribution in [2.24, 2.45) is 0 Å². The summed E-state index contributed by atoms with van der Waals surface area (Å²) in [6, 6.07) is 9.74. The number of fused-ring (bicyclic) bond motifs is 1. The highest BCUT2D eigenvalue weighted by atomic mass is 16.4. The largest absolute Gasteiger partial charge is 0.478 e. The van der Waals surface area contributed by atoms with E-state index in [1.54, 1.807) is 10.9 Å². The van der Waals surface area contributed by atoms with Crippen LogP contribution in [-0.2, 0) is 0 Å². The second-order valence-corrected chi connectivity index (χ2v) is 5.29. The van der Waals surface area contributed by atoms with Gasteiger partial charge in [-0.25, -0.2) is 9.48 Å². The number of hydrogen-bond acceptors (Lipinski definition) is 3. The molecule has 2 aromatic heterocycles. The van der Waals surface area contributed by atoms with Crippen molar-refractivity contribution in [1.29, 1.82) is 0 Å². The fourth-order valence-corrected chi connectivity index (χ4v) is 2.72. The van der Waals surface area contributed by atoms with Crippen LogP contribution in [0, 0.1) is 0 Å². The normalized spacial score (nSPS) is 14.5. The fraction of sp³-hybridized carbons (Fsp3) is 0.188. The van der Waals surface area contributed by atoms with Crippen LogP contribution in [-0.4, -0.2) is 25.8 Å². The van der Waals surface area contributed by atoms with Crippen LogP contribution in [0.15, 0.2) is 42.7 Å². The Balaban J connectivity index is 1.99. The molecular formula is C16H13N3O2. The summed E-state index contributed by atoms with van der Waals surface area (Å²) in [7, 11) is 0. The molecule has 0 saturated heterocycles. The maximum Gasteiger partial charge on any atom is 0.339 e. The summed E-state index contributed by atoms with van der Waals surface area (Å²) in [5, 5.41) is 14.7. The predicted molar refractivity (Wildman–Crippen MR) is 77.8 cm³/mol. The molecule has 0 atom stereocenters. The molecule has 1 N–H and O–H groups in total. The molecule has 1 aromatic carbocycles. The van der Waals surface area contributed by atoms with Crippen molar-refractivity contribution < 1.29 is 9.90 Å². The molecule has 5 heteroatoms. The second-order valence-electron chi connectivity index (χ2n) is 5.29. The molecule has 0 unspecified atom stereocenters. The van der Waals surface area contributed by atoms with Crippen LogP contribution < -0.4 is 0 Å². The monoisotopic (exact) mass is 279 g/mol. The van der Waals surface area contributed by atoms with Crippen LogP contribution in [0.2, 0.25) is 0 Å². The molecule has 0 bridgehead atoms. The van der Waals surface area contributed by atoms with Crippen molar-refractivity contribution in [3.63, 3.8) is 0 Å². The number of aromatic carboxylic acids is 1. The molecule has 1 fully saturated rings. The van der Waals surface area contributed by atoms with Gasteiger partial charge in [0.1, 0.15) is 5.56 Å². The maximum atomic E-state index is 11.4. The summed E-state index contributed by atoms with van der Waals surface area (Å²) < 4.78 is 1.75. The summed E-state index contributed by atoms with van der Waals surface area (Å²) in [4.78, 5) is 15.8. The number of aromatic nitrogens is 3. The Morgan fingerprint density at radius 3 is 2.81 bits per heavy atom. The zero-order chi connectivity index (χ0) is 14.4. The number of carboxylic acid groups (broad SMARTS) is 1. The van der Waals surface area contributed by atoms with E-state index in [0.29, 0.717) is 5.56 Å². The Morgan fingerprint density at radius 2 is 2.05 bits per heavy atom. The molecule has 0 amide bonds. The van der Waals surface area contributed by atoms with Gasteiger partial charge in [-0.15, -0.1) is 0 Å². The molecular weight excluding hydrogens is 266 g/mol. The van der Waals surface area contributed by atoms with Crippen LogP contribution in [0.25, 0.3) is 16.6 Å². The van der Waals surface area contributed by atoms with E-state index in [1.165, 1.54) is 6.20 Å². The molecule has 2 heterocycles. The number of carboxylic acids is 1. The summed E-state index contributed by atoms with van der Waals surface area (Å²) in [5.74, 6) is -0.631. The average Bonchev–Trinajstić information content (AvgIpc) is 3.25. The highest BCUT2D eigenvalue weighted by Gasteiger charge is 2.33. The second kappa shape index (κ2) is 4.41. The lowest BCUT2D eigenvalue weighted by molar-refractivity contribution is 0.0695. The third-order valence-electron chi connectivity index (χ3n) is 3.84. The Kier molecular flexibility index (Phi) is 2.54. The Hall–Kier alpha value is -2.69. The number of rotatable bonds is 3. The van der Waals surface area contributed by atoms with Crippen molar-refractivity contribution in [3.8, 4) is 5.69 Å². The topological polar surface area (TPSA) is 68.0 Å². The quantitative estimate of drug-likeness (QED) is 0.800. The summed E-state index contributed by atoms with van der Waals surface area (Å²) in [6.45, 7) is 0. The van der Waals surface area contributed by atoms with Crippen molar-refractivity contribution >= 4 is 16.9 Å². The van der Waals surface area contributed by atoms with Gasteiger partial charge in [-0.05, 0) is 25.0 Å². The number of nitrogens with zero attached hydrogens (tertiary/aromatic N) is 3. The van der Waals surface area contributed by atoms with E-state index < -0.39 is 5.97 Å². The number of pyridine rings is 1. The van der Waals surface area contributed by atoms with Crippen molar-refractivity contribution in [1.82, 2.24) is 14.8 Å². The van der Waals surface area contributed by atoms with Crippen LogP contribution in [0.5, 0.6) is 0 Å². The van der Waals surface area contributed by atoms with Crippen molar-refractivity contribution in [2.45, 2.75) is 18.8 Å². The first-order valence-corrected chi connectivity index (χ1v) is 6.91. The smallest absolute Gasteiger partial charge is 0.339 e. The molecule has 1 aliphatic rings. The van der Waals surface area contributed by atoms with Gasteiger partial charge in [-0.3, -0.25) is 4.98 Å². The molecule has 0 aliphatic heterocycles. The maximum absolute atomic E-state index is 11.4. The van der Waals surface area contributed by atoms with Gasteiger partial charge in [-0.2, -0.15) is 5.10 Å². The van der Waals surface area contributed by atoms with Gasteiger partial charge >= 0.3 is 5.97 Å². The zero-order valence-electron chi connectivity index (χ0n) is 11.2. The lowest BCUT2D eigenvalue weighted by Crippen LogP contribution is -2.06. The lowest BCUT2D eigenvalue weighted by atomic mass is 10.1. The van der Waals surface area contributed by atoms with Gasteiger partial charge in [0.15, 0.2) is 0 Å². The summed E-state index contributed by atoms with van der Waals surface area (Å²) >= 11 is 0. The predicted octanol–water partition coefficient (Wildman–Crippen LogP) is 3.00. The first-order chi connectivity index (χ1) is 10.3. The number of benzene rings is 1. The first-order valence-electron chi connectivity index (χ1n) is 6.91. The number of para-hydroxylation sites is 1. The molecule has 0 radical (unpaired) electrons. The van der Waals surface area contributed by atoms with Crippen molar-refractivity contribution in [3.05, 3.63) is 54.0 Å². The lowest BCUT2D eigenvalue weighted by Gasteiger charge is -2.10. The van der Waals surface area contributed by atoms with Gasteiger partial charge in [0.05, 0.1) is 23.1 Å². The highest BCUT2D eigenvalue weighted by Crippen LogP contribution is 2.42. The minimum absolute atomic E-state index is 0.289. The zero-order valence-corrected chi connectivity index (χ0v) is 11.2. The van der Waals surface area contributed by atoms with Crippen LogP contribution in [0.4, 0.5) is 0 Å². The van der Waals surface area contributed by atoms with E-state index in [2.05, 4.69) is 10.1 Å². The van der Waals surface area contributed by atoms with E-state index in [0.717, 1.165) is 35.1 Å². The van der Waals surface area contributed by atoms with Gasteiger partial charge in [0, 0.05) is 17.5 Å². The van der Waals surface area contributed by atoms with E-state index in [1.807, 2.05) is 30.3 Å². The molecule has 1 saturated carbocycles. The Morgan fingerprint density at radius 1 is 1.24 bits per heavy atom. The number of carbonyl (C=O) groups is 1. The van der Waals surface area contributed by atoms with E-state index in [-0.39, 0.29) is 5.92 Å². The Labute approximate surface area is 120 Å². The van der Waals surface area contributed by atoms with E-state index in [4.69, 9.17) is 0 Å². The molecule has 5 nitrogen and oxygen atoms in total. The Bertz CT molecular complexity index is 844. The fourth-order valence-electron chi connectivity index (χ4n) is 2.72. The van der Waals surface area contributed by atoms with Gasteiger partial charge in [0.2, 0.25) is 0 Å².